The Morgan fingerprint density at radius 2 is 1.27 bits per heavy atom. The fourth-order valence-electron chi connectivity index (χ4n) is 0.736. The van der Waals surface area contributed by atoms with Gasteiger partial charge in [0.15, 0.2) is 0 Å². The van der Waals surface area contributed by atoms with Gasteiger partial charge in [0.25, 0.3) is 0 Å². The van der Waals surface area contributed by atoms with Crippen LogP contribution in [0.15, 0.2) is 0 Å². The van der Waals surface area contributed by atoms with Crippen molar-refractivity contribution >= 4 is 33.4 Å². The molecule has 134 valence electrons. The van der Waals surface area contributed by atoms with E-state index in [4.69, 9.17) is 11.5 Å². The van der Waals surface area contributed by atoms with Gasteiger partial charge in [0.1, 0.15) is 0 Å². The Hall–Kier alpha value is -0.440. The lowest BCUT2D eigenvalue weighted by atomic mass is 10.5. The number of carbonyl (C=O) groups excluding carboxylic acids is 2. The zero-order chi connectivity index (χ0) is 17.6. The molecular weight excluding hydrogens is 320 g/mol. The summed E-state index contributed by atoms with van der Waals surface area (Å²) < 4.78 is 0. The molecule has 0 aliphatic carbocycles. The van der Waals surface area contributed by atoms with Gasteiger partial charge in [-0.3, -0.25) is 9.59 Å². The van der Waals surface area contributed by atoms with Crippen LogP contribution in [0.25, 0.3) is 0 Å². The summed E-state index contributed by atoms with van der Waals surface area (Å²) in [7, 11) is 3.49. The van der Waals surface area contributed by atoms with Crippen molar-refractivity contribution in [1.29, 1.82) is 0 Å². The van der Waals surface area contributed by atoms with Gasteiger partial charge < -0.3 is 22.1 Å². The fourth-order valence-corrected chi connectivity index (χ4v) is 2.50. The maximum Gasteiger partial charge on any atom is 0.216 e. The highest BCUT2D eigenvalue weighted by atomic mass is 33.1. The van der Waals surface area contributed by atoms with Crippen molar-refractivity contribution in [2.75, 3.05) is 37.7 Å². The highest BCUT2D eigenvalue weighted by molar-refractivity contribution is 8.76. The second-order valence-corrected chi connectivity index (χ2v) is 6.89. The fraction of sp³-hybridized carbons (Fsp3) is 0.857. The molecule has 0 aliphatic heterocycles. The van der Waals surface area contributed by atoms with Crippen molar-refractivity contribution in [3.05, 3.63) is 0 Å². The first-order valence-electron chi connectivity index (χ1n) is 7.59. The highest BCUT2D eigenvalue weighted by Gasteiger charge is 1.91. The molecule has 22 heavy (non-hydrogen) atoms. The van der Waals surface area contributed by atoms with Crippen LogP contribution in [0, 0.1) is 0 Å². The quantitative estimate of drug-likeness (QED) is 0.367. The Kier molecular flexibility index (Phi) is 30.7. The first-order chi connectivity index (χ1) is 10.5. The van der Waals surface area contributed by atoms with E-state index >= 15 is 0 Å². The zero-order valence-corrected chi connectivity index (χ0v) is 16.1. The molecule has 0 spiro atoms. The van der Waals surface area contributed by atoms with Crippen molar-refractivity contribution in [3.63, 3.8) is 0 Å². The van der Waals surface area contributed by atoms with Crippen molar-refractivity contribution in [3.8, 4) is 0 Å². The molecule has 0 atom stereocenters. The summed E-state index contributed by atoms with van der Waals surface area (Å²) in [5, 5.41) is 5.37. The molecular formula is C14H34N4O2S2. The summed E-state index contributed by atoms with van der Waals surface area (Å²) in [5.41, 5.74) is 10.3. The molecule has 0 bridgehead atoms. The van der Waals surface area contributed by atoms with Gasteiger partial charge in [-0.05, 0) is 19.4 Å². The van der Waals surface area contributed by atoms with E-state index in [9.17, 15) is 9.59 Å². The van der Waals surface area contributed by atoms with E-state index in [-0.39, 0.29) is 11.8 Å². The van der Waals surface area contributed by atoms with Gasteiger partial charge in [-0.15, -0.1) is 0 Å². The Bertz CT molecular complexity index is 243. The van der Waals surface area contributed by atoms with Crippen LogP contribution < -0.4 is 22.1 Å². The second-order valence-electron chi connectivity index (χ2n) is 4.19. The Morgan fingerprint density at radius 3 is 1.59 bits per heavy atom. The topological polar surface area (TPSA) is 110 Å². The summed E-state index contributed by atoms with van der Waals surface area (Å²) in [6.45, 7) is 10.2. The lowest BCUT2D eigenvalue weighted by molar-refractivity contribution is -0.119. The number of nitrogens with one attached hydrogen (secondary N) is 2. The molecule has 0 saturated carbocycles. The normalized spacial score (nSPS) is 8.82. The van der Waals surface area contributed by atoms with Gasteiger partial charge in [-0.1, -0.05) is 35.4 Å². The molecule has 0 rings (SSSR count). The van der Waals surface area contributed by atoms with Crippen LogP contribution >= 0.6 is 21.6 Å². The van der Waals surface area contributed by atoms with E-state index in [1.54, 1.807) is 21.6 Å². The van der Waals surface area contributed by atoms with Gasteiger partial charge in [0, 0.05) is 45.0 Å². The van der Waals surface area contributed by atoms with E-state index in [1.165, 1.54) is 13.8 Å². The third-order valence-electron chi connectivity index (χ3n) is 1.76. The lowest BCUT2D eigenvalue weighted by Gasteiger charge is -2.00. The predicted molar refractivity (Wildman–Crippen MR) is 101 cm³/mol. The summed E-state index contributed by atoms with van der Waals surface area (Å²) in [5.74, 6) is 2.02. The number of nitrogens with two attached hydrogens (primary N) is 2. The molecule has 0 aromatic rings. The maximum absolute atomic E-state index is 10.4. The van der Waals surface area contributed by atoms with Crippen LogP contribution in [0.5, 0.6) is 0 Å². The number of hydrogen-bond donors (Lipinski definition) is 4. The number of hydrogen-bond acceptors (Lipinski definition) is 6. The standard InChI is InChI=1S/C6H14N2OS2.C5H11NO.C3H9N/c1-6(9)8-3-5-11-10-4-2-7;1-3-4-6-5(2)7;1-2-3-4/h2-5,7H2,1H3,(H,8,9);3-4H2,1-2H3,(H,6,7);2-4H2,1H3. The minimum absolute atomic E-state index is 0.0365. The molecule has 0 aromatic heterocycles. The molecule has 0 saturated heterocycles. The van der Waals surface area contributed by atoms with Crippen LogP contribution in [0.2, 0.25) is 0 Å². The third-order valence-corrected chi connectivity index (χ3v) is 4.20. The third kappa shape index (κ3) is 42.7. The van der Waals surface area contributed by atoms with Crippen molar-refractivity contribution in [2.24, 2.45) is 11.5 Å². The van der Waals surface area contributed by atoms with Gasteiger partial charge in [0.05, 0.1) is 0 Å². The minimum Gasteiger partial charge on any atom is -0.356 e. The SMILES string of the molecule is CC(=O)NCCSSCCN.CCCN.CCCNC(C)=O. The summed E-state index contributed by atoms with van der Waals surface area (Å²) in [6.07, 6.45) is 2.11. The number of amides is 2. The van der Waals surface area contributed by atoms with Crippen molar-refractivity contribution in [1.82, 2.24) is 10.6 Å². The summed E-state index contributed by atoms with van der Waals surface area (Å²) in [6, 6.07) is 0. The van der Waals surface area contributed by atoms with Crippen LogP contribution in [0.4, 0.5) is 0 Å². The monoisotopic (exact) mass is 354 g/mol. The smallest absolute Gasteiger partial charge is 0.216 e. The molecule has 0 radical (unpaired) electrons. The predicted octanol–water partition coefficient (Wildman–Crippen LogP) is 1.35. The molecule has 0 aromatic carbocycles. The first-order valence-corrected chi connectivity index (χ1v) is 10.1. The molecule has 0 heterocycles. The maximum atomic E-state index is 10.4. The van der Waals surface area contributed by atoms with Gasteiger partial charge in [-0.2, -0.15) is 0 Å². The van der Waals surface area contributed by atoms with Gasteiger partial charge in [-0.25, -0.2) is 0 Å². The van der Waals surface area contributed by atoms with Crippen molar-refractivity contribution < 1.29 is 9.59 Å². The van der Waals surface area contributed by atoms with Crippen LogP contribution in [0.1, 0.15) is 40.5 Å². The molecule has 0 aliphatic rings. The first kappa shape index (κ1) is 26.5. The van der Waals surface area contributed by atoms with E-state index in [0.717, 1.165) is 50.5 Å². The van der Waals surface area contributed by atoms with Crippen LogP contribution in [-0.4, -0.2) is 49.5 Å². The second kappa shape index (κ2) is 25.5. The molecule has 0 unspecified atom stereocenters. The number of carbonyl (C=O) groups is 2. The lowest BCUT2D eigenvalue weighted by Crippen LogP contribution is -2.22. The average molecular weight is 355 g/mol. The molecule has 6 N–H and O–H groups in total. The molecule has 0 fully saturated rings. The van der Waals surface area contributed by atoms with Crippen LogP contribution in [0.3, 0.4) is 0 Å². The summed E-state index contributed by atoms with van der Waals surface area (Å²) >= 11 is 0. The van der Waals surface area contributed by atoms with Gasteiger partial charge >= 0.3 is 0 Å². The zero-order valence-electron chi connectivity index (χ0n) is 14.4. The molecule has 8 heteroatoms. The van der Waals surface area contributed by atoms with E-state index in [1.807, 2.05) is 6.92 Å². The minimum atomic E-state index is 0.0365. The molecule has 6 nitrogen and oxygen atoms in total. The largest absolute Gasteiger partial charge is 0.356 e. The van der Waals surface area contributed by atoms with Gasteiger partial charge in [0.2, 0.25) is 11.8 Å². The Labute approximate surface area is 143 Å². The van der Waals surface area contributed by atoms with Crippen molar-refractivity contribution in [2.45, 2.75) is 40.5 Å². The Morgan fingerprint density at radius 1 is 0.818 bits per heavy atom. The average Bonchev–Trinajstić information content (AvgIpc) is 2.49. The van der Waals surface area contributed by atoms with E-state index in [0.29, 0.717) is 0 Å². The highest BCUT2D eigenvalue weighted by Crippen LogP contribution is 2.18. The summed E-state index contributed by atoms with van der Waals surface area (Å²) in [4.78, 5) is 20.5. The van der Waals surface area contributed by atoms with E-state index < -0.39 is 0 Å². The molecule has 2 amide bonds. The van der Waals surface area contributed by atoms with Crippen LogP contribution in [-0.2, 0) is 9.59 Å². The van der Waals surface area contributed by atoms with E-state index in [2.05, 4.69) is 17.6 Å². The number of rotatable bonds is 9. The Balaban J connectivity index is -0.000000280.